The summed E-state index contributed by atoms with van der Waals surface area (Å²) in [4.78, 5) is 20.8. The van der Waals surface area contributed by atoms with Crippen molar-refractivity contribution < 1.29 is 18.3 Å². The fourth-order valence-corrected chi connectivity index (χ4v) is 4.25. The van der Waals surface area contributed by atoms with Crippen LogP contribution in [0.15, 0.2) is 53.5 Å². The first-order chi connectivity index (χ1) is 15.5. The van der Waals surface area contributed by atoms with Crippen LogP contribution < -0.4 is 25.2 Å². The molecule has 2 heterocycles. The van der Waals surface area contributed by atoms with Crippen molar-refractivity contribution in [3.63, 3.8) is 0 Å². The van der Waals surface area contributed by atoms with E-state index in [-0.39, 0.29) is 24.2 Å². The maximum atomic E-state index is 12.7. The van der Waals surface area contributed by atoms with E-state index in [0.717, 1.165) is 18.5 Å². The lowest BCUT2D eigenvalue weighted by atomic mass is 10.2. The molecule has 32 heavy (non-hydrogen) atoms. The van der Waals surface area contributed by atoms with Gasteiger partial charge >= 0.3 is 6.61 Å². The van der Waals surface area contributed by atoms with Gasteiger partial charge in [-0.1, -0.05) is 30.3 Å². The number of anilines is 2. The number of para-hydroxylation sites is 3. The molecule has 2 aliphatic rings. The molecule has 0 saturated carbocycles. The zero-order valence-electron chi connectivity index (χ0n) is 17.9. The van der Waals surface area contributed by atoms with Crippen LogP contribution in [0.4, 0.5) is 20.2 Å². The van der Waals surface area contributed by atoms with Crippen LogP contribution in [-0.2, 0) is 11.2 Å². The molecule has 1 fully saturated rings. The van der Waals surface area contributed by atoms with Crippen molar-refractivity contribution in [1.82, 2.24) is 10.6 Å². The molecule has 1 saturated heterocycles. The highest BCUT2D eigenvalue weighted by Gasteiger charge is 2.27. The molecule has 1 atom stereocenters. The molecule has 2 aromatic carbocycles. The summed E-state index contributed by atoms with van der Waals surface area (Å²) in [5, 5.41) is 6.43. The quantitative estimate of drug-likeness (QED) is 0.531. The minimum absolute atomic E-state index is 0.0102. The third-order valence-corrected chi connectivity index (χ3v) is 5.77. The molecule has 0 bridgehead atoms. The third-order valence-electron chi connectivity index (χ3n) is 5.77. The van der Waals surface area contributed by atoms with Gasteiger partial charge < -0.3 is 25.2 Å². The van der Waals surface area contributed by atoms with Gasteiger partial charge in [0.25, 0.3) is 0 Å². The van der Waals surface area contributed by atoms with Gasteiger partial charge in [-0.25, -0.2) is 0 Å². The average molecular weight is 443 g/mol. The number of nitrogens with zero attached hydrogens (tertiary/aromatic N) is 3. The normalized spacial score (nSPS) is 18.1. The molecule has 2 aromatic rings. The Balaban J connectivity index is 1.30. The Morgan fingerprint density at radius 2 is 1.91 bits per heavy atom. The highest BCUT2D eigenvalue weighted by Crippen LogP contribution is 2.32. The number of amides is 1. The van der Waals surface area contributed by atoms with E-state index in [1.54, 1.807) is 36.2 Å². The minimum Gasteiger partial charge on any atom is -0.433 e. The predicted octanol–water partition coefficient (Wildman–Crippen LogP) is 2.62. The molecule has 2 N–H and O–H groups in total. The van der Waals surface area contributed by atoms with Crippen LogP contribution in [0.5, 0.6) is 5.75 Å². The molecule has 2 aliphatic heterocycles. The number of halogens is 2. The number of rotatable bonds is 6. The van der Waals surface area contributed by atoms with Crippen molar-refractivity contribution in [2.24, 2.45) is 4.99 Å². The number of hydrogen-bond donors (Lipinski definition) is 2. The molecule has 9 heteroatoms. The summed E-state index contributed by atoms with van der Waals surface area (Å²) in [5.74, 6) is 0.695. The van der Waals surface area contributed by atoms with E-state index in [9.17, 15) is 13.6 Å². The number of aliphatic imine (C=N–C) groups is 1. The Bertz CT molecular complexity index is 984. The van der Waals surface area contributed by atoms with Crippen LogP contribution in [0.1, 0.15) is 12.0 Å². The minimum atomic E-state index is -2.86. The second-order valence-corrected chi connectivity index (χ2v) is 7.77. The number of benzene rings is 2. The molecule has 0 aliphatic carbocycles. The topological polar surface area (TPSA) is 69.2 Å². The molecular formula is C23H27F2N5O2. The lowest BCUT2D eigenvalue weighted by Gasteiger charge is -2.23. The summed E-state index contributed by atoms with van der Waals surface area (Å²) in [6, 6.07) is 14.8. The van der Waals surface area contributed by atoms with E-state index in [1.165, 1.54) is 5.56 Å². The predicted molar refractivity (Wildman–Crippen MR) is 121 cm³/mol. The number of hydrogen-bond acceptors (Lipinski definition) is 4. The Kier molecular flexibility index (Phi) is 6.72. The zero-order valence-corrected chi connectivity index (χ0v) is 17.9. The highest BCUT2D eigenvalue weighted by atomic mass is 19.3. The molecule has 170 valence electrons. The molecule has 1 unspecified atom stereocenters. The van der Waals surface area contributed by atoms with Crippen molar-refractivity contribution >= 4 is 23.2 Å². The molecule has 0 spiro atoms. The fraction of sp³-hybridized carbons (Fsp3) is 0.391. The number of ether oxygens (including phenoxy) is 1. The maximum Gasteiger partial charge on any atom is 0.387 e. The monoisotopic (exact) mass is 443 g/mol. The summed E-state index contributed by atoms with van der Waals surface area (Å²) >= 11 is 0. The second kappa shape index (κ2) is 9.84. The number of fused-ring (bicyclic) bond motifs is 1. The van der Waals surface area contributed by atoms with Gasteiger partial charge in [0.15, 0.2) is 5.96 Å². The van der Waals surface area contributed by atoms with E-state index in [1.807, 2.05) is 29.2 Å². The number of alkyl halides is 2. The first kappa shape index (κ1) is 21.9. The van der Waals surface area contributed by atoms with Crippen LogP contribution in [0.3, 0.4) is 0 Å². The average Bonchev–Trinajstić information content (AvgIpc) is 3.43. The fourth-order valence-electron chi connectivity index (χ4n) is 4.25. The van der Waals surface area contributed by atoms with Gasteiger partial charge in [-0.2, -0.15) is 8.78 Å². The lowest BCUT2D eigenvalue weighted by molar-refractivity contribution is -0.117. The number of guanidine groups is 1. The van der Waals surface area contributed by atoms with E-state index in [4.69, 9.17) is 0 Å². The summed E-state index contributed by atoms with van der Waals surface area (Å²) in [5.41, 5.74) is 2.80. The van der Waals surface area contributed by atoms with E-state index in [0.29, 0.717) is 31.3 Å². The molecular weight excluding hydrogens is 416 g/mol. The zero-order chi connectivity index (χ0) is 22.5. The highest BCUT2D eigenvalue weighted by molar-refractivity contribution is 5.98. The van der Waals surface area contributed by atoms with Crippen molar-refractivity contribution in [2.45, 2.75) is 25.5 Å². The first-order valence-electron chi connectivity index (χ1n) is 10.7. The lowest BCUT2D eigenvalue weighted by Crippen LogP contribution is -2.48. The largest absolute Gasteiger partial charge is 0.433 e. The standard InChI is InChI=1S/C23H27F2N5O2/c1-26-23(27-14-21(31)30-13-10-16-6-2-3-7-18(16)30)28-17-11-12-29(15-17)19-8-4-5-9-20(19)32-22(24)25/h2-9,17,22H,10-15H2,1H3,(H2,26,27,28). The Hall–Kier alpha value is -3.36. The van der Waals surface area contributed by atoms with Gasteiger partial charge in [0, 0.05) is 38.4 Å². The summed E-state index contributed by atoms with van der Waals surface area (Å²) in [7, 11) is 1.66. The van der Waals surface area contributed by atoms with Crippen molar-refractivity contribution in [3.05, 3.63) is 54.1 Å². The molecule has 1 amide bonds. The van der Waals surface area contributed by atoms with Crippen LogP contribution >= 0.6 is 0 Å². The summed E-state index contributed by atoms with van der Waals surface area (Å²) < 4.78 is 30.1. The number of nitrogens with one attached hydrogen (secondary N) is 2. The van der Waals surface area contributed by atoms with Gasteiger partial charge in [0.2, 0.25) is 5.91 Å². The van der Waals surface area contributed by atoms with Crippen LogP contribution in [0, 0.1) is 0 Å². The van der Waals surface area contributed by atoms with Gasteiger partial charge in [-0.3, -0.25) is 9.79 Å². The molecule has 4 rings (SSSR count). The SMILES string of the molecule is CN=C(NCC(=O)N1CCc2ccccc21)NC1CCN(c2ccccc2OC(F)F)C1. The third kappa shape index (κ3) is 4.92. The Morgan fingerprint density at radius 1 is 1.16 bits per heavy atom. The molecule has 0 aromatic heterocycles. The number of carbonyl (C=O) groups excluding carboxylic acids is 1. The van der Waals surface area contributed by atoms with Crippen LogP contribution in [0.2, 0.25) is 0 Å². The maximum absolute atomic E-state index is 12.7. The van der Waals surface area contributed by atoms with E-state index in [2.05, 4.69) is 20.4 Å². The van der Waals surface area contributed by atoms with E-state index >= 15 is 0 Å². The summed E-state index contributed by atoms with van der Waals surface area (Å²) in [6.45, 7) is -0.741. The first-order valence-corrected chi connectivity index (χ1v) is 10.7. The second-order valence-electron chi connectivity index (χ2n) is 7.77. The van der Waals surface area contributed by atoms with E-state index < -0.39 is 6.61 Å². The Morgan fingerprint density at radius 3 is 2.69 bits per heavy atom. The van der Waals surface area contributed by atoms with Crippen LogP contribution in [0.25, 0.3) is 0 Å². The van der Waals surface area contributed by atoms with Crippen molar-refractivity contribution in [1.29, 1.82) is 0 Å². The van der Waals surface area contributed by atoms with Gasteiger partial charge in [0.1, 0.15) is 5.75 Å². The Labute approximate surface area is 186 Å². The van der Waals surface area contributed by atoms with Gasteiger partial charge in [0.05, 0.1) is 12.2 Å². The van der Waals surface area contributed by atoms with Gasteiger partial charge in [-0.15, -0.1) is 0 Å². The van der Waals surface area contributed by atoms with Crippen molar-refractivity contribution in [2.75, 3.05) is 43.0 Å². The molecule has 7 nitrogen and oxygen atoms in total. The van der Waals surface area contributed by atoms with Crippen LogP contribution in [-0.4, -0.2) is 57.7 Å². The smallest absolute Gasteiger partial charge is 0.387 e. The van der Waals surface area contributed by atoms with Crippen molar-refractivity contribution in [3.8, 4) is 5.75 Å². The number of carbonyl (C=O) groups is 1. The molecule has 0 radical (unpaired) electrons. The summed E-state index contributed by atoms with van der Waals surface area (Å²) in [6.07, 6.45) is 1.67. The van der Waals surface area contributed by atoms with Gasteiger partial charge in [-0.05, 0) is 36.6 Å².